The molecule has 0 unspecified atom stereocenters. The van der Waals surface area contributed by atoms with Gasteiger partial charge in [0.05, 0.1) is 0 Å². The van der Waals surface area contributed by atoms with Crippen molar-refractivity contribution >= 4 is 39.8 Å². The highest BCUT2D eigenvalue weighted by Crippen LogP contribution is 2.28. The molecule has 0 saturated carbocycles. The van der Waals surface area contributed by atoms with E-state index in [9.17, 15) is 4.79 Å². The minimum absolute atomic E-state index is 0.120. The number of carbonyl (C=O) groups is 1. The average molecular weight is 464 g/mol. The first kappa shape index (κ1) is 22.0. The maximum atomic E-state index is 13.2. The van der Waals surface area contributed by atoms with Crippen LogP contribution in [-0.4, -0.2) is 79.6 Å². The summed E-state index contributed by atoms with van der Waals surface area (Å²) < 4.78 is 0. The lowest BCUT2D eigenvalue weighted by Crippen LogP contribution is -2.48. The molecular formula is C26H30ClN5O. The van der Waals surface area contributed by atoms with Crippen molar-refractivity contribution in [2.45, 2.75) is 6.92 Å². The van der Waals surface area contributed by atoms with E-state index in [0.29, 0.717) is 0 Å². The molecule has 1 aromatic heterocycles. The number of pyridine rings is 1. The monoisotopic (exact) mass is 463 g/mol. The standard InChI is InChI=1S/C26H30ClN5O/c1-2-29-11-13-32(14-12-29)26(33)21-4-3-20-9-10-28-25(24(20)19-21)31-17-15-30(16-18-31)23-7-5-22(27)6-8-23/h3-10,19H,2,11-18H2,1H3. The minimum Gasteiger partial charge on any atom is -0.368 e. The Kier molecular flexibility index (Phi) is 6.38. The van der Waals surface area contributed by atoms with Gasteiger partial charge in [-0.2, -0.15) is 0 Å². The minimum atomic E-state index is 0.120. The van der Waals surface area contributed by atoms with Crippen LogP contribution in [0.3, 0.4) is 0 Å². The molecule has 0 aliphatic carbocycles. The number of rotatable bonds is 4. The van der Waals surface area contributed by atoms with Crippen LogP contribution in [0.4, 0.5) is 11.5 Å². The van der Waals surface area contributed by atoms with Crippen LogP contribution >= 0.6 is 11.6 Å². The molecule has 2 aromatic carbocycles. The second-order valence-corrected chi connectivity index (χ2v) is 9.18. The highest BCUT2D eigenvalue weighted by molar-refractivity contribution is 6.30. The summed E-state index contributed by atoms with van der Waals surface area (Å²) >= 11 is 6.04. The molecule has 3 heterocycles. The molecule has 0 radical (unpaired) electrons. The molecule has 172 valence electrons. The maximum Gasteiger partial charge on any atom is 0.253 e. The number of halogens is 1. The van der Waals surface area contributed by atoms with Crippen molar-refractivity contribution in [1.82, 2.24) is 14.8 Å². The topological polar surface area (TPSA) is 42.9 Å². The van der Waals surface area contributed by atoms with Gasteiger partial charge in [-0.3, -0.25) is 4.79 Å². The van der Waals surface area contributed by atoms with E-state index in [2.05, 4.69) is 39.8 Å². The predicted molar refractivity (Wildman–Crippen MR) is 136 cm³/mol. The number of likely N-dealkylation sites (N-methyl/N-ethyl adjacent to an activating group) is 1. The molecule has 7 heteroatoms. The number of hydrogen-bond acceptors (Lipinski definition) is 5. The summed E-state index contributed by atoms with van der Waals surface area (Å²) in [5.74, 6) is 1.09. The number of nitrogens with zero attached hydrogens (tertiary/aromatic N) is 5. The van der Waals surface area contributed by atoms with Crippen LogP contribution in [0.1, 0.15) is 17.3 Å². The number of piperazine rings is 2. The number of carbonyl (C=O) groups excluding carboxylic acids is 1. The zero-order valence-corrected chi connectivity index (χ0v) is 19.8. The van der Waals surface area contributed by atoms with Gasteiger partial charge in [0.1, 0.15) is 5.82 Å². The smallest absolute Gasteiger partial charge is 0.253 e. The fourth-order valence-corrected chi connectivity index (χ4v) is 4.94. The highest BCUT2D eigenvalue weighted by Gasteiger charge is 2.23. The zero-order chi connectivity index (χ0) is 22.8. The molecule has 3 aromatic rings. The van der Waals surface area contributed by atoms with Crippen molar-refractivity contribution in [3.63, 3.8) is 0 Å². The Labute approximate surface area is 200 Å². The van der Waals surface area contributed by atoms with E-state index in [1.54, 1.807) is 0 Å². The normalized spacial score (nSPS) is 17.6. The van der Waals surface area contributed by atoms with E-state index < -0.39 is 0 Å². The van der Waals surface area contributed by atoms with E-state index in [1.165, 1.54) is 5.69 Å². The van der Waals surface area contributed by atoms with Crippen LogP contribution in [0.2, 0.25) is 5.02 Å². The summed E-state index contributed by atoms with van der Waals surface area (Å²) in [7, 11) is 0. The lowest BCUT2D eigenvalue weighted by Gasteiger charge is -2.37. The molecule has 6 nitrogen and oxygen atoms in total. The van der Waals surface area contributed by atoms with Gasteiger partial charge in [0, 0.05) is 80.2 Å². The summed E-state index contributed by atoms with van der Waals surface area (Å²) in [5, 5.41) is 2.93. The van der Waals surface area contributed by atoms with Gasteiger partial charge in [-0.15, -0.1) is 0 Å². The van der Waals surface area contributed by atoms with E-state index in [1.807, 2.05) is 41.4 Å². The van der Waals surface area contributed by atoms with Crippen molar-refractivity contribution in [3.05, 3.63) is 65.3 Å². The summed E-state index contributed by atoms with van der Waals surface area (Å²) in [4.78, 5) is 27.0. The van der Waals surface area contributed by atoms with Crippen molar-refractivity contribution in [1.29, 1.82) is 0 Å². The molecule has 0 spiro atoms. The Hall–Kier alpha value is -2.83. The van der Waals surface area contributed by atoms with E-state index in [0.717, 1.165) is 86.1 Å². The summed E-state index contributed by atoms with van der Waals surface area (Å²) in [6.45, 7) is 10.3. The zero-order valence-electron chi connectivity index (χ0n) is 19.1. The van der Waals surface area contributed by atoms with Crippen molar-refractivity contribution in [3.8, 4) is 0 Å². The average Bonchev–Trinajstić information content (AvgIpc) is 2.88. The molecule has 5 rings (SSSR count). The van der Waals surface area contributed by atoms with Gasteiger partial charge in [0.2, 0.25) is 0 Å². The first-order valence-electron chi connectivity index (χ1n) is 11.8. The molecule has 2 saturated heterocycles. The summed E-state index contributed by atoms with van der Waals surface area (Å²) in [6.07, 6.45) is 1.87. The molecule has 2 aliphatic heterocycles. The second kappa shape index (κ2) is 9.57. The second-order valence-electron chi connectivity index (χ2n) is 8.75. The van der Waals surface area contributed by atoms with Crippen LogP contribution < -0.4 is 9.80 Å². The van der Waals surface area contributed by atoms with Crippen LogP contribution in [0.25, 0.3) is 10.8 Å². The van der Waals surface area contributed by atoms with Crippen molar-refractivity contribution < 1.29 is 4.79 Å². The van der Waals surface area contributed by atoms with Gasteiger partial charge < -0.3 is 19.6 Å². The Balaban J connectivity index is 1.34. The predicted octanol–water partition coefficient (Wildman–Crippen LogP) is 3.99. The lowest BCUT2D eigenvalue weighted by atomic mass is 10.1. The maximum absolute atomic E-state index is 13.2. The Bertz CT molecular complexity index is 1120. The Morgan fingerprint density at radius 2 is 1.58 bits per heavy atom. The molecule has 33 heavy (non-hydrogen) atoms. The third kappa shape index (κ3) is 4.63. The number of anilines is 2. The molecule has 0 atom stereocenters. The third-order valence-corrected chi connectivity index (χ3v) is 7.12. The Morgan fingerprint density at radius 1 is 0.879 bits per heavy atom. The van der Waals surface area contributed by atoms with Crippen LogP contribution in [0, 0.1) is 0 Å². The van der Waals surface area contributed by atoms with Crippen molar-refractivity contribution in [2.75, 3.05) is 68.7 Å². The van der Waals surface area contributed by atoms with Gasteiger partial charge in [0.25, 0.3) is 5.91 Å². The summed E-state index contributed by atoms with van der Waals surface area (Å²) in [6, 6.07) is 16.1. The van der Waals surface area contributed by atoms with Gasteiger partial charge in [-0.05, 0) is 54.4 Å². The quantitative estimate of drug-likeness (QED) is 0.585. The van der Waals surface area contributed by atoms with Gasteiger partial charge in [-0.25, -0.2) is 4.98 Å². The SMILES string of the molecule is CCN1CCN(C(=O)c2ccc3ccnc(N4CCN(c5ccc(Cl)cc5)CC4)c3c2)CC1. The molecular weight excluding hydrogens is 434 g/mol. The van der Waals surface area contributed by atoms with Gasteiger partial charge >= 0.3 is 0 Å². The number of amides is 1. The number of aromatic nitrogens is 1. The molecule has 2 fully saturated rings. The number of fused-ring (bicyclic) bond motifs is 1. The third-order valence-electron chi connectivity index (χ3n) is 6.87. The molecule has 2 aliphatic rings. The first-order chi connectivity index (χ1) is 16.1. The van der Waals surface area contributed by atoms with E-state index >= 15 is 0 Å². The van der Waals surface area contributed by atoms with Crippen molar-refractivity contribution in [2.24, 2.45) is 0 Å². The fraction of sp³-hybridized carbons (Fsp3) is 0.385. The number of benzene rings is 2. The summed E-state index contributed by atoms with van der Waals surface area (Å²) in [5.41, 5.74) is 1.95. The highest BCUT2D eigenvalue weighted by atomic mass is 35.5. The number of hydrogen-bond donors (Lipinski definition) is 0. The molecule has 0 bridgehead atoms. The lowest BCUT2D eigenvalue weighted by molar-refractivity contribution is 0.0643. The van der Waals surface area contributed by atoms with Crippen LogP contribution in [-0.2, 0) is 0 Å². The van der Waals surface area contributed by atoms with Crippen LogP contribution in [0.5, 0.6) is 0 Å². The molecule has 0 N–H and O–H groups in total. The van der Waals surface area contributed by atoms with E-state index in [-0.39, 0.29) is 5.91 Å². The largest absolute Gasteiger partial charge is 0.368 e. The van der Waals surface area contributed by atoms with E-state index in [4.69, 9.17) is 16.6 Å². The van der Waals surface area contributed by atoms with Gasteiger partial charge in [-0.1, -0.05) is 24.6 Å². The van der Waals surface area contributed by atoms with Gasteiger partial charge in [0.15, 0.2) is 0 Å². The first-order valence-corrected chi connectivity index (χ1v) is 12.2. The fourth-order valence-electron chi connectivity index (χ4n) is 4.82. The van der Waals surface area contributed by atoms with Crippen LogP contribution in [0.15, 0.2) is 54.7 Å². The molecule has 1 amide bonds. The Morgan fingerprint density at radius 3 is 2.27 bits per heavy atom.